The van der Waals surface area contributed by atoms with Crippen LogP contribution in [-0.2, 0) is 9.53 Å². The second kappa shape index (κ2) is 10.0. The molecule has 162 valence electrons. The van der Waals surface area contributed by atoms with Gasteiger partial charge in [0.2, 0.25) is 0 Å². The minimum absolute atomic E-state index is 0.0116. The molecule has 1 aliphatic heterocycles. The lowest BCUT2D eigenvalue weighted by molar-refractivity contribution is -0.110. The van der Waals surface area contributed by atoms with Gasteiger partial charge in [-0.1, -0.05) is 6.07 Å². The monoisotopic (exact) mass is 417 g/mol. The van der Waals surface area contributed by atoms with E-state index in [9.17, 15) is 18.8 Å². The van der Waals surface area contributed by atoms with Gasteiger partial charge in [0.25, 0.3) is 5.56 Å². The van der Waals surface area contributed by atoms with Gasteiger partial charge in [-0.15, -0.1) is 0 Å². The highest BCUT2D eigenvalue weighted by Crippen LogP contribution is 2.18. The molecule has 2 aromatic rings. The van der Waals surface area contributed by atoms with Gasteiger partial charge >= 0.3 is 6.09 Å². The number of nitrogens with one attached hydrogen (secondary N) is 1. The number of nitrogens with zero attached hydrogens (tertiary/aromatic N) is 2. The molecule has 1 aliphatic rings. The van der Waals surface area contributed by atoms with E-state index in [0.29, 0.717) is 24.5 Å². The molecule has 1 aromatic heterocycles. The molecule has 1 saturated heterocycles. The van der Waals surface area contributed by atoms with Gasteiger partial charge in [-0.25, -0.2) is 9.18 Å². The van der Waals surface area contributed by atoms with Crippen LogP contribution in [0.4, 0.5) is 14.9 Å². The summed E-state index contributed by atoms with van der Waals surface area (Å²) < 4.78 is 20.1. The number of carbonyl (C=O) groups excluding carboxylic acids is 2. The molecule has 1 N–H and O–H groups in total. The summed E-state index contributed by atoms with van der Waals surface area (Å²) in [7, 11) is 1.65. The number of amides is 1. The highest BCUT2D eigenvalue weighted by atomic mass is 19.1. The summed E-state index contributed by atoms with van der Waals surface area (Å²) >= 11 is 0. The van der Waals surface area contributed by atoms with E-state index in [4.69, 9.17) is 4.74 Å². The highest BCUT2D eigenvalue weighted by Gasteiger charge is 2.29. The Bertz CT molecular complexity index is 936. The summed E-state index contributed by atoms with van der Waals surface area (Å²) in [6.45, 7) is 6.62. The van der Waals surface area contributed by atoms with Gasteiger partial charge in [0, 0.05) is 44.4 Å². The smallest absolute Gasteiger partial charge is 0.410 e. The van der Waals surface area contributed by atoms with Crippen LogP contribution in [-0.4, -0.2) is 47.6 Å². The number of benzene rings is 1. The number of hydrogen-bond acceptors (Lipinski definition) is 5. The van der Waals surface area contributed by atoms with E-state index in [0.717, 1.165) is 12.7 Å². The third-order valence-corrected chi connectivity index (χ3v) is 4.39. The van der Waals surface area contributed by atoms with Crippen molar-refractivity contribution in [3.05, 3.63) is 58.8 Å². The molecule has 1 aromatic carbocycles. The first-order chi connectivity index (χ1) is 14.1. The van der Waals surface area contributed by atoms with Crippen molar-refractivity contribution in [3.8, 4) is 5.69 Å². The van der Waals surface area contributed by atoms with Crippen LogP contribution in [0.2, 0.25) is 0 Å². The summed E-state index contributed by atoms with van der Waals surface area (Å²) in [5.41, 5.74) is 0.282. The minimum Gasteiger partial charge on any atom is -0.444 e. The first kappa shape index (κ1) is 23.1. The SMILES string of the molecule is CC(C)(C)OC(=O)N1CCC(C=O)C1.CNc1ccc(-n2ccccc2=O)cc1F. The van der Waals surface area contributed by atoms with E-state index in [-0.39, 0.29) is 23.4 Å². The lowest BCUT2D eigenvalue weighted by Crippen LogP contribution is -2.35. The molecular weight excluding hydrogens is 389 g/mol. The Labute approximate surface area is 175 Å². The molecule has 7 nitrogen and oxygen atoms in total. The summed E-state index contributed by atoms with van der Waals surface area (Å²) in [5, 5.41) is 2.73. The van der Waals surface area contributed by atoms with Crippen molar-refractivity contribution < 1.29 is 18.7 Å². The molecule has 1 amide bonds. The molecule has 1 unspecified atom stereocenters. The number of carbonyl (C=O) groups is 2. The maximum Gasteiger partial charge on any atom is 0.410 e. The Morgan fingerprint density at radius 3 is 2.53 bits per heavy atom. The van der Waals surface area contributed by atoms with E-state index in [1.165, 1.54) is 16.7 Å². The van der Waals surface area contributed by atoms with Gasteiger partial charge in [-0.2, -0.15) is 0 Å². The quantitative estimate of drug-likeness (QED) is 0.774. The van der Waals surface area contributed by atoms with E-state index in [2.05, 4.69) is 5.32 Å². The van der Waals surface area contributed by atoms with E-state index in [1.807, 2.05) is 20.8 Å². The Morgan fingerprint density at radius 2 is 2.00 bits per heavy atom. The van der Waals surface area contributed by atoms with Crippen LogP contribution >= 0.6 is 0 Å². The zero-order valence-corrected chi connectivity index (χ0v) is 17.7. The van der Waals surface area contributed by atoms with Gasteiger partial charge in [-0.3, -0.25) is 9.36 Å². The zero-order chi connectivity index (χ0) is 22.3. The normalized spacial score (nSPS) is 15.8. The number of pyridine rings is 1. The van der Waals surface area contributed by atoms with E-state index >= 15 is 0 Å². The average molecular weight is 417 g/mol. The summed E-state index contributed by atoms with van der Waals surface area (Å²) in [6.07, 6.45) is 2.95. The van der Waals surface area contributed by atoms with Crippen LogP contribution in [0.5, 0.6) is 0 Å². The fourth-order valence-corrected chi connectivity index (χ4v) is 2.89. The van der Waals surface area contributed by atoms with Crippen LogP contribution in [0, 0.1) is 11.7 Å². The van der Waals surface area contributed by atoms with E-state index < -0.39 is 5.60 Å². The van der Waals surface area contributed by atoms with Crippen molar-refractivity contribution in [2.24, 2.45) is 5.92 Å². The lowest BCUT2D eigenvalue weighted by atomic mass is 10.1. The van der Waals surface area contributed by atoms with Crippen molar-refractivity contribution in [2.45, 2.75) is 32.8 Å². The third kappa shape index (κ3) is 6.43. The Morgan fingerprint density at radius 1 is 1.27 bits per heavy atom. The number of halogens is 1. The van der Waals surface area contributed by atoms with Crippen molar-refractivity contribution >= 4 is 18.1 Å². The highest BCUT2D eigenvalue weighted by molar-refractivity contribution is 5.69. The number of aromatic nitrogens is 1. The molecule has 30 heavy (non-hydrogen) atoms. The molecule has 2 heterocycles. The number of ether oxygens (including phenoxy) is 1. The Balaban J connectivity index is 0.000000216. The number of likely N-dealkylation sites (tertiary alicyclic amines) is 1. The van der Waals surface area contributed by atoms with Gasteiger partial charge in [0.1, 0.15) is 17.7 Å². The molecule has 1 fully saturated rings. The molecule has 0 aliphatic carbocycles. The van der Waals surface area contributed by atoms with Crippen LogP contribution in [0.25, 0.3) is 5.69 Å². The molecule has 0 spiro atoms. The maximum atomic E-state index is 13.5. The molecule has 1 atom stereocenters. The number of aldehydes is 1. The molecular formula is C22H28FN3O4. The van der Waals surface area contributed by atoms with Crippen molar-refractivity contribution in [3.63, 3.8) is 0 Å². The number of rotatable bonds is 3. The minimum atomic E-state index is -0.462. The Hall–Kier alpha value is -3.16. The Kier molecular flexibility index (Phi) is 7.74. The first-order valence-corrected chi connectivity index (χ1v) is 9.73. The molecule has 8 heteroatoms. The van der Waals surface area contributed by atoms with Crippen molar-refractivity contribution in [1.29, 1.82) is 0 Å². The average Bonchev–Trinajstić information content (AvgIpc) is 3.17. The standard InChI is InChI=1S/C12H11FN2O.C10H17NO3/c1-14-11-6-5-9(8-10(11)13)15-7-3-2-4-12(15)16;1-10(2,3)14-9(13)11-5-4-8(6-11)7-12/h2-8,14H,1H3;7-8H,4-6H2,1-3H3. The fraction of sp³-hybridized carbons (Fsp3) is 0.409. The van der Waals surface area contributed by atoms with E-state index in [1.54, 1.807) is 42.4 Å². The first-order valence-electron chi connectivity index (χ1n) is 9.73. The van der Waals surface area contributed by atoms with Crippen molar-refractivity contribution in [2.75, 3.05) is 25.5 Å². The summed E-state index contributed by atoms with van der Waals surface area (Å²) in [4.78, 5) is 35.1. The molecule has 3 rings (SSSR count). The topological polar surface area (TPSA) is 80.6 Å². The maximum absolute atomic E-state index is 13.5. The second-order valence-electron chi connectivity index (χ2n) is 7.93. The molecule has 0 radical (unpaired) electrons. The van der Waals surface area contributed by atoms with Crippen LogP contribution < -0.4 is 10.9 Å². The van der Waals surface area contributed by atoms with Gasteiger partial charge in [0.15, 0.2) is 0 Å². The summed E-state index contributed by atoms with van der Waals surface area (Å²) in [5.74, 6) is -0.390. The number of hydrogen-bond donors (Lipinski definition) is 1. The molecule has 0 saturated carbocycles. The largest absolute Gasteiger partial charge is 0.444 e. The van der Waals surface area contributed by atoms with Gasteiger partial charge < -0.3 is 19.7 Å². The lowest BCUT2D eigenvalue weighted by Gasteiger charge is -2.24. The zero-order valence-electron chi connectivity index (χ0n) is 17.7. The van der Waals surface area contributed by atoms with Crippen LogP contribution in [0.15, 0.2) is 47.4 Å². The predicted molar refractivity (Wildman–Crippen MR) is 114 cm³/mol. The van der Waals surface area contributed by atoms with Crippen LogP contribution in [0.1, 0.15) is 27.2 Å². The van der Waals surface area contributed by atoms with Gasteiger partial charge in [0.05, 0.1) is 11.4 Å². The number of anilines is 1. The third-order valence-electron chi connectivity index (χ3n) is 4.39. The van der Waals surface area contributed by atoms with Crippen molar-refractivity contribution in [1.82, 2.24) is 9.47 Å². The fourth-order valence-electron chi connectivity index (χ4n) is 2.89. The molecule has 0 bridgehead atoms. The van der Waals surface area contributed by atoms with Gasteiger partial charge in [-0.05, 0) is 45.4 Å². The summed E-state index contributed by atoms with van der Waals surface area (Å²) in [6, 6.07) is 9.43. The predicted octanol–water partition coefficient (Wildman–Crippen LogP) is 3.46. The second-order valence-corrected chi connectivity index (χ2v) is 7.93. The van der Waals surface area contributed by atoms with Crippen LogP contribution in [0.3, 0.4) is 0 Å².